The molecule has 3 aromatic carbocycles. The van der Waals surface area contributed by atoms with Crippen LogP contribution >= 0.6 is 0 Å². The number of benzene rings is 3. The van der Waals surface area contributed by atoms with Crippen molar-refractivity contribution in [2.75, 3.05) is 0 Å². The highest BCUT2D eigenvalue weighted by molar-refractivity contribution is 6.13. The number of pyridine rings is 1. The molecule has 4 aromatic rings. The molecular formula is C22H18ClN3O. The van der Waals surface area contributed by atoms with E-state index in [0.717, 1.165) is 27.1 Å². The number of nitrogens with one attached hydrogen (secondary N) is 1. The van der Waals surface area contributed by atoms with Gasteiger partial charge in [-0.1, -0.05) is 54.6 Å². The third kappa shape index (κ3) is 4.13. The first-order valence-corrected chi connectivity index (χ1v) is 8.48. The largest absolute Gasteiger partial charge is 1.00 e. The lowest BCUT2D eigenvalue weighted by molar-refractivity contribution is -0.684. The van der Waals surface area contributed by atoms with Crippen LogP contribution in [0, 0.1) is 0 Å². The summed E-state index contributed by atoms with van der Waals surface area (Å²) < 4.78 is 1.80. The molecule has 5 heteroatoms. The second kappa shape index (κ2) is 8.43. The highest BCUT2D eigenvalue weighted by Crippen LogP contribution is 2.27. The van der Waals surface area contributed by atoms with Crippen LogP contribution in [0.25, 0.3) is 21.5 Å². The van der Waals surface area contributed by atoms with Crippen LogP contribution in [0.15, 0.2) is 90.3 Å². The van der Waals surface area contributed by atoms with Crippen molar-refractivity contribution in [2.24, 2.45) is 5.10 Å². The predicted octanol–water partition coefficient (Wildman–Crippen LogP) is 0.435. The predicted molar refractivity (Wildman–Crippen MR) is 104 cm³/mol. The van der Waals surface area contributed by atoms with E-state index in [0.29, 0.717) is 0 Å². The number of hydrogen-bond donors (Lipinski definition) is 1. The third-order valence-corrected chi connectivity index (χ3v) is 4.30. The summed E-state index contributed by atoms with van der Waals surface area (Å²) in [6, 6.07) is 24.3. The molecule has 27 heavy (non-hydrogen) atoms. The van der Waals surface area contributed by atoms with Crippen LogP contribution in [0.3, 0.4) is 0 Å². The Labute approximate surface area is 163 Å². The van der Waals surface area contributed by atoms with Crippen molar-refractivity contribution in [1.29, 1.82) is 0 Å². The standard InChI is InChI=1S/C22H17N3O.ClH/c26-22(16-25-12-6-1-7-13-25)24-23-15-21-19-10-4-2-8-17(19)14-18-9-3-5-11-20(18)21;/h1-15H,16H2;1H. The molecule has 1 N–H and O–H groups in total. The van der Waals surface area contributed by atoms with E-state index in [4.69, 9.17) is 0 Å². The van der Waals surface area contributed by atoms with E-state index in [1.807, 2.05) is 54.9 Å². The number of aromatic nitrogens is 1. The van der Waals surface area contributed by atoms with Gasteiger partial charge in [-0.15, -0.1) is 0 Å². The van der Waals surface area contributed by atoms with Crippen LogP contribution in [0.1, 0.15) is 5.56 Å². The molecule has 0 unspecified atom stereocenters. The molecule has 134 valence electrons. The number of hydrogen-bond acceptors (Lipinski definition) is 2. The van der Waals surface area contributed by atoms with E-state index >= 15 is 0 Å². The van der Waals surface area contributed by atoms with E-state index in [-0.39, 0.29) is 24.9 Å². The van der Waals surface area contributed by atoms with E-state index in [1.165, 1.54) is 0 Å². The zero-order chi connectivity index (χ0) is 17.8. The highest BCUT2D eigenvalue weighted by Gasteiger charge is 2.08. The molecular weight excluding hydrogens is 358 g/mol. The van der Waals surface area contributed by atoms with Gasteiger partial charge in [0.05, 0.1) is 6.21 Å². The zero-order valence-corrected chi connectivity index (χ0v) is 15.3. The second-order valence-corrected chi connectivity index (χ2v) is 6.07. The molecule has 0 saturated heterocycles. The summed E-state index contributed by atoms with van der Waals surface area (Å²) in [7, 11) is 0. The summed E-state index contributed by atoms with van der Waals surface area (Å²) in [5, 5.41) is 8.73. The van der Waals surface area contributed by atoms with Crippen molar-refractivity contribution in [2.45, 2.75) is 6.54 Å². The summed E-state index contributed by atoms with van der Waals surface area (Å²) in [5.41, 5.74) is 3.62. The van der Waals surface area contributed by atoms with Crippen LogP contribution in [0.5, 0.6) is 0 Å². The minimum atomic E-state index is -0.165. The molecule has 4 rings (SSSR count). The molecule has 0 saturated carbocycles. The first kappa shape index (κ1) is 18.5. The Morgan fingerprint density at radius 1 is 0.889 bits per heavy atom. The number of hydrazone groups is 1. The van der Waals surface area contributed by atoms with Crippen LogP contribution in [-0.2, 0) is 11.3 Å². The normalized spacial score (nSPS) is 10.8. The Morgan fingerprint density at radius 3 is 2.11 bits per heavy atom. The quantitative estimate of drug-likeness (QED) is 0.239. The van der Waals surface area contributed by atoms with Gasteiger partial charge in [-0.2, -0.15) is 9.67 Å². The Balaban J connectivity index is 0.00000210. The number of carbonyl (C=O) groups is 1. The fourth-order valence-electron chi connectivity index (χ4n) is 3.10. The average Bonchev–Trinajstić information content (AvgIpc) is 2.68. The van der Waals surface area contributed by atoms with Crippen molar-refractivity contribution in [3.05, 3.63) is 90.8 Å². The molecule has 1 heterocycles. The van der Waals surface area contributed by atoms with Crippen LogP contribution in [0.2, 0.25) is 0 Å². The lowest BCUT2D eigenvalue weighted by atomic mass is 9.97. The van der Waals surface area contributed by atoms with Gasteiger partial charge in [0.1, 0.15) is 0 Å². The summed E-state index contributed by atoms with van der Waals surface area (Å²) in [6.07, 6.45) is 5.43. The Morgan fingerprint density at radius 2 is 1.48 bits per heavy atom. The Bertz CT molecular complexity index is 1060. The fraction of sp³-hybridized carbons (Fsp3) is 0.0455. The molecule has 1 amide bonds. The molecule has 4 nitrogen and oxygen atoms in total. The maximum atomic E-state index is 12.1. The minimum absolute atomic E-state index is 0. The zero-order valence-electron chi connectivity index (χ0n) is 14.5. The fourth-order valence-corrected chi connectivity index (χ4v) is 3.10. The van der Waals surface area contributed by atoms with Crippen molar-refractivity contribution < 1.29 is 21.8 Å². The van der Waals surface area contributed by atoms with Gasteiger partial charge >= 0.3 is 5.91 Å². The summed E-state index contributed by atoms with van der Waals surface area (Å²) in [4.78, 5) is 12.1. The molecule has 0 aliphatic heterocycles. The average molecular weight is 376 g/mol. The van der Waals surface area contributed by atoms with Crippen LogP contribution in [-0.4, -0.2) is 12.1 Å². The first-order chi connectivity index (χ1) is 12.8. The van der Waals surface area contributed by atoms with Gasteiger partial charge in [0, 0.05) is 17.7 Å². The van der Waals surface area contributed by atoms with Crippen LogP contribution < -0.4 is 22.4 Å². The van der Waals surface area contributed by atoms with E-state index in [1.54, 1.807) is 10.8 Å². The highest BCUT2D eigenvalue weighted by atomic mass is 35.5. The summed E-state index contributed by atoms with van der Waals surface area (Å²) in [5.74, 6) is -0.165. The molecule has 0 aliphatic rings. The minimum Gasteiger partial charge on any atom is -1.00 e. The number of amides is 1. The van der Waals surface area contributed by atoms with Crippen molar-refractivity contribution >= 4 is 33.7 Å². The lowest BCUT2D eigenvalue weighted by Gasteiger charge is -2.07. The van der Waals surface area contributed by atoms with Gasteiger partial charge in [0.15, 0.2) is 12.4 Å². The Hall–Kier alpha value is -3.24. The van der Waals surface area contributed by atoms with Crippen molar-refractivity contribution in [3.8, 4) is 0 Å². The summed E-state index contributed by atoms with van der Waals surface area (Å²) >= 11 is 0. The SMILES string of the molecule is O=C(C[n+]1ccccc1)NN=Cc1c2ccccc2cc2ccccc12.[Cl-]. The van der Waals surface area contributed by atoms with Crippen LogP contribution in [0.4, 0.5) is 0 Å². The van der Waals surface area contributed by atoms with Gasteiger partial charge in [0.25, 0.3) is 0 Å². The monoisotopic (exact) mass is 375 g/mol. The van der Waals surface area contributed by atoms with Crippen molar-refractivity contribution in [3.63, 3.8) is 0 Å². The Kier molecular flexibility index (Phi) is 5.79. The maximum absolute atomic E-state index is 12.1. The van der Waals surface area contributed by atoms with E-state index < -0.39 is 0 Å². The third-order valence-electron chi connectivity index (χ3n) is 4.30. The summed E-state index contributed by atoms with van der Waals surface area (Å²) in [6.45, 7) is 0.231. The number of fused-ring (bicyclic) bond motifs is 2. The number of rotatable bonds is 4. The number of nitrogens with zero attached hydrogens (tertiary/aromatic N) is 2. The van der Waals surface area contributed by atoms with Gasteiger partial charge in [-0.3, -0.25) is 4.79 Å². The van der Waals surface area contributed by atoms with Gasteiger partial charge in [-0.05, 0) is 27.6 Å². The molecule has 1 aromatic heterocycles. The smallest absolute Gasteiger partial charge is 0.305 e. The molecule has 0 spiro atoms. The van der Waals surface area contributed by atoms with E-state index in [9.17, 15) is 4.79 Å². The maximum Gasteiger partial charge on any atom is 0.305 e. The first-order valence-electron chi connectivity index (χ1n) is 8.48. The van der Waals surface area contributed by atoms with Gasteiger partial charge < -0.3 is 12.4 Å². The van der Waals surface area contributed by atoms with Crippen molar-refractivity contribution in [1.82, 2.24) is 5.43 Å². The molecule has 0 aliphatic carbocycles. The van der Waals surface area contributed by atoms with Gasteiger partial charge in [0.2, 0.25) is 6.54 Å². The number of carbonyl (C=O) groups excluding carboxylic acids is 1. The number of halogens is 1. The lowest BCUT2D eigenvalue weighted by Crippen LogP contribution is -3.00. The molecule has 0 fully saturated rings. The molecule has 0 bridgehead atoms. The second-order valence-electron chi connectivity index (χ2n) is 6.07. The molecule has 0 radical (unpaired) electrons. The topological polar surface area (TPSA) is 45.3 Å². The molecule has 0 atom stereocenters. The van der Waals surface area contributed by atoms with Gasteiger partial charge in [-0.25, -0.2) is 5.43 Å². The van der Waals surface area contributed by atoms with E-state index in [2.05, 4.69) is 40.9 Å².